The van der Waals surface area contributed by atoms with Crippen molar-refractivity contribution in [2.24, 2.45) is 0 Å². The van der Waals surface area contributed by atoms with Crippen molar-refractivity contribution in [3.05, 3.63) is 77.9 Å². The molecule has 3 aromatic rings. The zero-order chi connectivity index (χ0) is 33.8. The summed E-state index contributed by atoms with van der Waals surface area (Å²) in [6.45, 7) is 5.33. The van der Waals surface area contributed by atoms with Crippen LogP contribution in [0.2, 0.25) is 0 Å². The van der Waals surface area contributed by atoms with Gasteiger partial charge < -0.3 is 28.8 Å². The van der Waals surface area contributed by atoms with Crippen molar-refractivity contribution in [3.8, 4) is 28.7 Å². The van der Waals surface area contributed by atoms with Gasteiger partial charge in [-0.15, -0.1) is 0 Å². The summed E-state index contributed by atoms with van der Waals surface area (Å²) in [6, 6.07) is 21.1. The normalized spacial score (nSPS) is 14.9. The lowest BCUT2D eigenvalue weighted by molar-refractivity contribution is -0.162. The van der Waals surface area contributed by atoms with Gasteiger partial charge in [0.1, 0.15) is 18.5 Å². The summed E-state index contributed by atoms with van der Waals surface area (Å²) >= 11 is 1.49. The van der Waals surface area contributed by atoms with Gasteiger partial charge in [-0.05, 0) is 86.1 Å². The molecule has 7 nitrogen and oxygen atoms in total. The third kappa shape index (κ3) is 12.6. The zero-order valence-corrected chi connectivity index (χ0v) is 29.2. The third-order valence-electron chi connectivity index (χ3n) is 8.06. The van der Waals surface area contributed by atoms with Gasteiger partial charge >= 0.3 is 5.97 Å². The van der Waals surface area contributed by atoms with Crippen LogP contribution in [0.25, 0.3) is 11.1 Å². The molecule has 1 aliphatic heterocycles. The van der Waals surface area contributed by atoms with Gasteiger partial charge in [0, 0.05) is 35.2 Å². The molecule has 1 saturated heterocycles. The van der Waals surface area contributed by atoms with Gasteiger partial charge in [0.05, 0.1) is 19.3 Å². The first-order valence-electron chi connectivity index (χ1n) is 17.3. The Balaban J connectivity index is 1.26. The average Bonchev–Trinajstić information content (AvgIpc) is 3.13. The molecule has 2 atom stereocenters. The Morgan fingerprint density at radius 3 is 2.52 bits per heavy atom. The van der Waals surface area contributed by atoms with Crippen molar-refractivity contribution >= 4 is 17.7 Å². The van der Waals surface area contributed by atoms with Crippen LogP contribution in [0.5, 0.6) is 5.75 Å². The van der Waals surface area contributed by atoms with Crippen LogP contribution in [-0.2, 0) is 18.9 Å². The van der Waals surface area contributed by atoms with Crippen molar-refractivity contribution in [1.29, 1.82) is 0 Å². The Hall–Kier alpha value is -3.32. The maximum atomic E-state index is 12.9. The fraction of sp³-hybridized carbons (Fsp3) is 0.475. The molecule has 8 heteroatoms. The van der Waals surface area contributed by atoms with Gasteiger partial charge in [0.15, 0.2) is 6.29 Å². The van der Waals surface area contributed by atoms with Gasteiger partial charge in [-0.25, -0.2) is 4.79 Å². The van der Waals surface area contributed by atoms with E-state index in [1.165, 1.54) is 25.3 Å². The van der Waals surface area contributed by atoms with Crippen molar-refractivity contribution in [1.82, 2.24) is 0 Å². The molecule has 0 aromatic heterocycles. The number of unbranched alkanes of at least 4 members (excludes halogenated alkanes) is 5. The highest BCUT2D eigenvalue weighted by molar-refractivity contribution is 7.99. The Morgan fingerprint density at radius 1 is 0.958 bits per heavy atom. The molecule has 1 heterocycles. The summed E-state index contributed by atoms with van der Waals surface area (Å²) in [6.07, 6.45) is 9.89. The smallest absolute Gasteiger partial charge is 0.339 e. The fourth-order valence-electron chi connectivity index (χ4n) is 5.35. The molecule has 3 aromatic carbocycles. The number of esters is 1. The number of rotatable bonds is 19. The summed E-state index contributed by atoms with van der Waals surface area (Å²) in [4.78, 5) is 14.6. The highest BCUT2D eigenvalue weighted by Crippen LogP contribution is 2.36. The number of ether oxygens (including phenoxy) is 5. The molecule has 1 N–H and O–H groups in total. The topological polar surface area (TPSA) is 83.5 Å². The van der Waals surface area contributed by atoms with Crippen molar-refractivity contribution < 1.29 is 33.6 Å². The van der Waals surface area contributed by atoms with E-state index < -0.39 is 12.1 Å². The minimum absolute atomic E-state index is 0.00111. The molecule has 0 saturated carbocycles. The van der Waals surface area contributed by atoms with E-state index in [-0.39, 0.29) is 12.9 Å². The van der Waals surface area contributed by atoms with Gasteiger partial charge in [-0.1, -0.05) is 86.5 Å². The van der Waals surface area contributed by atoms with Gasteiger partial charge in [-0.3, -0.25) is 0 Å². The molecule has 258 valence electrons. The predicted octanol–water partition coefficient (Wildman–Crippen LogP) is 9.02. The second kappa shape index (κ2) is 21.6. The van der Waals surface area contributed by atoms with Crippen LogP contribution in [0.15, 0.2) is 76.5 Å². The Labute approximate surface area is 290 Å². The molecule has 0 spiro atoms. The Morgan fingerprint density at radius 2 is 1.75 bits per heavy atom. The zero-order valence-electron chi connectivity index (χ0n) is 28.4. The average molecular weight is 675 g/mol. The summed E-state index contributed by atoms with van der Waals surface area (Å²) in [5, 5.41) is 11.0. The number of hydrogen-bond donors (Lipinski definition) is 1. The van der Waals surface area contributed by atoms with Crippen LogP contribution < -0.4 is 4.74 Å². The maximum Gasteiger partial charge on any atom is 0.339 e. The largest absolute Gasteiger partial charge is 0.494 e. The minimum Gasteiger partial charge on any atom is -0.494 e. The first-order chi connectivity index (χ1) is 23.6. The van der Waals surface area contributed by atoms with Crippen LogP contribution in [0.3, 0.4) is 0 Å². The van der Waals surface area contributed by atoms with E-state index in [1.54, 1.807) is 0 Å². The number of hydrogen-bond acceptors (Lipinski definition) is 8. The summed E-state index contributed by atoms with van der Waals surface area (Å²) in [5.74, 6) is 6.30. The summed E-state index contributed by atoms with van der Waals surface area (Å²) in [7, 11) is 1.38. The second-order valence-electron chi connectivity index (χ2n) is 11.8. The number of carbonyl (C=O) groups is 1. The first-order valence-corrected chi connectivity index (χ1v) is 18.1. The number of methoxy groups -OCH3 is 1. The summed E-state index contributed by atoms with van der Waals surface area (Å²) in [5.41, 5.74) is 2.71. The van der Waals surface area contributed by atoms with E-state index in [1.807, 2.05) is 66.7 Å². The highest BCUT2D eigenvalue weighted by Gasteiger charge is 2.18. The molecule has 1 aliphatic rings. The molecule has 2 unspecified atom stereocenters. The van der Waals surface area contributed by atoms with E-state index in [9.17, 15) is 9.90 Å². The molecule has 1 fully saturated rings. The quantitative estimate of drug-likeness (QED) is 0.0767. The lowest BCUT2D eigenvalue weighted by atomic mass is 9.95. The monoisotopic (exact) mass is 674 g/mol. The van der Waals surface area contributed by atoms with Crippen LogP contribution in [0.1, 0.15) is 93.2 Å². The molecule has 0 radical (unpaired) electrons. The van der Waals surface area contributed by atoms with Gasteiger partial charge in [0.25, 0.3) is 0 Å². The Bertz CT molecular complexity index is 1440. The van der Waals surface area contributed by atoms with Crippen LogP contribution in [-0.4, -0.2) is 57.5 Å². The molecule has 48 heavy (non-hydrogen) atoms. The fourth-order valence-corrected chi connectivity index (χ4v) is 6.27. The van der Waals surface area contributed by atoms with E-state index in [4.69, 9.17) is 23.7 Å². The van der Waals surface area contributed by atoms with E-state index in [2.05, 4.69) is 18.8 Å². The lowest BCUT2D eigenvalue weighted by Gasteiger charge is -2.22. The van der Waals surface area contributed by atoms with Crippen LogP contribution in [0.4, 0.5) is 0 Å². The summed E-state index contributed by atoms with van der Waals surface area (Å²) < 4.78 is 28.0. The third-order valence-corrected chi connectivity index (χ3v) is 9.14. The number of benzene rings is 3. The molecule has 0 bridgehead atoms. The highest BCUT2D eigenvalue weighted by atomic mass is 32.2. The standard InChI is InChI=1S/C40H50O7S/c1-3-4-27-45-32-20-22-33(23-21-32)48-38-24-19-31(30-36(38)40(42)43-2)34-15-8-9-16-35(34)37(41)17-14-26-44-25-11-6-5-7-12-28-46-39-18-10-13-29-47-39/h8-9,15-16,19-24,30,37,39,41H,3-7,10-13,18,25-29H2,1-2H3. The van der Waals surface area contributed by atoms with E-state index in [0.29, 0.717) is 24.3 Å². The van der Waals surface area contributed by atoms with E-state index >= 15 is 0 Å². The van der Waals surface area contributed by atoms with Crippen LogP contribution in [0, 0.1) is 11.8 Å². The van der Waals surface area contributed by atoms with Crippen LogP contribution >= 0.6 is 11.8 Å². The second-order valence-corrected chi connectivity index (χ2v) is 12.9. The van der Waals surface area contributed by atoms with Gasteiger partial charge in [-0.2, -0.15) is 0 Å². The van der Waals surface area contributed by atoms with Crippen molar-refractivity contribution in [2.45, 2.75) is 93.3 Å². The first kappa shape index (κ1) is 37.5. The number of aliphatic hydroxyl groups is 1. The van der Waals surface area contributed by atoms with Gasteiger partial charge in [0.2, 0.25) is 0 Å². The number of carbonyl (C=O) groups excluding carboxylic acids is 1. The molecule has 4 rings (SSSR count). The van der Waals surface area contributed by atoms with Crippen molar-refractivity contribution in [3.63, 3.8) is 0 Å². The maximum absolute atomic E-state index is 12.9. The Kier molecular flexibility index (Phi) is 16.9. The van der Waals surface area contributed by atoms with Crippen molar-refractivity contribution in [2.75, 3.05) is 40.1 Å². The predicted molar refractivity (Wildman–Crippen MR) is 190 cm³/mol. The molecule has 0 aliphatic carbocycles. The molecule has 0 amide bonds. The SMILES string of the molecule is CCCCOc1ccc(Sc2ccc(-c3ccccc3C(O)C#CCOCCCCCCCOC3CCCCO3)cc2C(=O)OC)cc1. The lowest BCUT2D eigenvalue weighted by Crippen LogP contribution is -2.22. The number of aliphatic hydroxyl groups excluding tert-OH is 1. The van der Waals surface area contributed by atoms with E-state index in [0.717, 1.165) is 97.7 Å². The molecular weight excluding hydrogens is 625 g/mol. The molecular formula is C40H50O7S. The minimum atomic E-state index is -1.00.